The van der Waals surface area contributed by atoms with Crippen LogP contribution in [0.1, 0.15) is 15.9 Å². The molecule has 0 unspecified atom stereocenters. The summed E-state index contributed by atoms with van der Waals surface area (Å²) in [5.74, 6) is 0.752. The second kappa shape index (κ2) is 8.32. The molecule has 1 saturated heterocycles. The molecule has 0 amide bonds. The largest absolute Gasteiger partial charge is 0.496 e. The monoisotopic (exact) mass is 401 g/mol. The molecule has 0 radical (unpaired) electrons. The van der Waals surface area contributed by atoms with Gasteiger partial charge in [-0.3, -0.25) is 4.79 Å². The molecule has 1 fully saturated rings. The Morgan fingerprint density at radius 2 is 1.88 bits per heavy atom. The normalized spacial score (nSPS) is 14.7. The summed E-state index contributed by atoms with van der Waals surface area (Å²) < 4.78 is 11.4. The van der Waals surface area contributed by atoms with E-state index in [0.717, 1.165) is 47.8 Å². The van der Waals surface area contributed by atoms with Gasteiger partial charge in [-0.2, -0.15) is 0 Å². The van der Waals surface area contributed by atoms with Crippen molar-refractivity contribution in [1.29, 1.82) is 0 Å². The number of morpholine rings is 1. The lowest BCUT2D eigenvalue weighted by atomic mass is 10.1. The third-order valence-corrected chi connectivity index (χ3v) is 4.75. The molecule has 2 aromatic carbocycles. The Morgan fingerprint density at radius 3 is 2.52 bits per heavy atom. The van der Waals surface area contributed by atoms with Gasteiger partial charge in [-0.05, 0) is 64.0 Å². The Morgan fingerprint density at radius 1 is 1.16 bits per heavy atom. The number of methoxy groups -OCH3 is 1. The van der Waals surface area contributed by atoms with Gasteiger partial charge in [0.2, 0.25) is 0 Å². The molecule has 25 heavy (non-hydrogen) atoms. The third-order valence-electron chi connectivity index (χ3n) is 4.13. The van der Waals surface area contributed by atoms with E-state index in [4.69, 9.17) is 9.47 Å². The van der Waals surface area contributed by atoms with Gasteiger partial charge in [0.25, 0.3) is 0 Å². The second-order valence-electron chi connectivity index (χ2n) is 5.74. The standard InChI is InChI=1S/C20H20BrNO3/c1-24-20-9-3-15(14-18(20)21)2-8-19(23)16-4-6-17(7-5-16)22-10-12-25-13-11-22/h2-9,14H,10-13H2,1H3. The smallest absolute Gasteiger partial charge is 0.185 e. The first-order chi connectivity index (χ1) is 12.2. The molecule has 1 aliphatic heterocycles. The van der Waals surface area contributed by atoms with Gasteiger partial charge in [-0.15, -0.1) is 0 Å². The third kappa shape index (κ3) is 4.50. The Kier molecular flexibility index (Phi) is 5.89. The maximum Gasteiger partial charge on any atom is 0.185 e. The highest BCUT2D eigenvalue weighted by atomic mass is 79.9. The Bertz CT molecular complexity index is 765. The maximum atomic E-state index is 12.4. The first kappa shape index (κ1) is 17.7. The van der Waals surface area contributed by atoms with Crippen molar-refractivity contribution in [2.24, 2.45) is 0 Å². The van der Waals surface area contributed by atoms with Crippen LogP contribution < -0.4 is 9.64 Å². The number of carbonyl (C=O) groups excluding carboxylic acids is 1. The first-order valence-corrected chi connectivity index (χ1v) is 8.95. The van der Waals surface area contributed by atoms with Crippen molar-refractivity contribution in [3.8, 4) is 5.75 Å². The SMILES string of the molecule is COc1ccc(C=CC(=O)c2ccc(N3CCOCC3)cc2)cc1Br. The number of ether oxygens (including phenoxy) is 2. The molecule has 1 aliphatic rings. The number of benzene rings is 2. The molecule has 0 atom stereocenters. The summed E-state index contributed by atoms with van der Waals surface area (Å²) in [5.41, 5.74) is 2.75. The molecule has 1 heterocycles. The molecule has 0 aliphatic carbocycles. The van der Waals surface area contributed by atoms with E-state index >= 15 is 0 Å². The number of rotatable bonds is 5. The van der Waals surface area contributed by atoms with Gasteiger partial charge >= 0.3 is 0 Å². The van der Waals surface area contributed by atoms with Crippen LogP contribution in [0.25, 0.3) is 6.08 Å². The fraction of sp³-hybridized carbons (Fsp3) is 0.250. The molecule has 0 bridgehead atoms. The number of hydrogen-bond acceptors (Lipinski definition) is 4. The summed E-state index contributed by atoms with van der Waals surface area (Å²) in [7, 11) is 1.62. The van der Waals surface area contributed by atoms with E-state index in [-0.39, 0.29) is 5.78 Å². The second-order valence-corrected chi connectivity index (χ2v) is 6.59. The van der Waals surface area contributed by atoms with Gasteiger partial charge in [0.05, 0.1) is 24.8 Å². The van der Waals surface area contributed by atoms with Gasteiger partial charge in [-0.1, -0.05) is 12.1 Å². The van der Waals surface area contributed by atoms with Crippen LogP contribution in [0.2, 0.25) is 0 Å². The minimum absolute atomic E-state index is 0.0135. The van der Waals surface area contributed by atoms with Crippen molar-refractivity contribution in [1.82, 2.24) is 0 Å². The molecule has 5 heteroatoms. The van der Waals surface area contributed by atoms with E-state index in [1.807, 2.05) is 48.5 Å². The van der Waals surface area contributed by atoms with E-state index in [0.29, 0.717) is 5.56 Å². The van der Waals surface area contributed by atoms with Crippen molar-refractivity contribution < 1.29 is 14.3 Å². The topological polar surface area (TPSA) is 38.8 Å². The van der Waals surface area contributed by atoms with Gasteiger partial charge in [-0.25, -0.2) is 0 Å². The van der Waals surface area contributed by atoms with Crippen LogP contribution in [0.4, 0.5) is 5.69 Å². The molecular weight excluding hydrogens is 382 g/mol. The first-order valence-electron chi connectivity index (χ1n) is 8.16. The van der Waals surface area contributed by atoms with Crippen molar-refractivity contribution >= 4 is 33.5 Å². The number of allylic oxidation sites excluding steroid dienone is 1. The van der Waals surface area contributed by atoms with Crippen molar-refractivity contribution in [2.75, 3.05) is 38.3 Å². The predicted molar refractivity (Wildman–Crippen MR) is 104 cm³/mol. The highest BCUT2D eigenvalue weighted by Gasteiger charge is 2.11. The van der Waals surface area contributed by atoms with E-state index in [9.17, 15) is 4.79 Å². The van der Waals surface area contributed by atoms with Crippen molar-refractivity contribution in [3.05, 3.63) is 64.1 Å². The van der Waals surface area contributed by atoms with E-state index in [1.165, 1.54) is 0 Å². The van der Waals surface area contributed by atoms with E-state index in [2.05, 4.69) is 20.8 Å². The molecule has 0 spiro atoms. The van der Waals surface area contributed by atoms with Crippen LogP contribution in [-0.4, -0.2) is 39.2 Å². The van der Waals surface area contributed by atoms with E-state index < -0.39 is 0 Å². The Hall–Kier alpha value is -2.11. The van der Waals surface area contributed by atoms with Crippen LogP contribution in [-0.2, 0) is 4.74 Å². The van der Waals surface area contributed by atoms with E-state index in [1.54, 1.807) is 13.2 Å². The van der Waals surface area contributed by atoms with Crippen LogP contribution in [0.15, 0.2) is 53.0 Å². The molecule has 130 valence electrons. The lowest BCUT2D eigenvalue weighted by molar-refractivity contribution is 0.104. The predicted octanol–water partition coefficient (Wildman–Crippen LogP) is 4.19. The zero-order valence-corrected chi connectivity index (χ0v) is 15.7. The number of ketones is 1. The lowest BCUT2D eigenvalue weighted by Crippen LogP contribution is -2.36. The summed E-state index contributed by atoms with van der Waals surface area (Å²) >= 11 is 3.45. The summed E-state index contributed by atoms with van der Waals surface area (Å²) in [6.07, 6.45) is 3.40. The average Bonchev–Trinajstić information content (AvgIpc) is 2.67. The van der Waals surface area contributed by atoms with Crippen molar-refractivity contribution in [2.45, 2.75) is 0 Å². The highest BCUT2D eigenvalue weighted by molar-refractivity contribution is 9.10. The summed E-state index contributed by atoms with van der Waals surface area (Å²) in [4.78, 5) is 14.6. The number of halogens is 1. The van der Waals surface area contributed by atoms with Crippen LogP contribution in [0.5, 0.6) is 5.75 Å². The van der Waals surface area contributed by atoms with Gasteiger partial charge in [0, 0.05) is 24.3 Å². The highest BCUT2D eigenvalue weighted by Crippen LogP contribution is 2.26. The Balaban J connectivity index is 1.67. The summed E-state index contributed by atoms with van der Waals surface area (Å²) in [6, 6.07) is 13.4. The van der Waals surface area contributed by atoms with Gasteiger partial charge < -0.3 is 14.4 Å². The van der Waals surface area contributed by atoms with Crippen LogP contribution in [0, 0.1) is 0 Å². The minimum atomic E-state index is -0.0135. The zero-order chi connectivity index (χ0) is 17.6. The summed E-state index contributed by atoms with van der Waals surface area (Å²) in [6.45, 7) is 3.28. The number of hydrogen-bond donors (Lipinski definition) is 0. The molecule has 2 aromatic rings. The lowest BCUT2D eigenvalue weighted by Gasteiger charge is -2.28. The van der Waals surface area contributed by atoms with Gasteiger partial charge in [0.1, 0.15) is 5.75 Å². The van der Waals surface area contributed by atoms with Gasteiger partial charge in [0.15, 0.2) is 5.78 Å². The molecule has 0 saturated carbocycles. The number of nitrogens with zero attached hydrogens (tertiary/aromatic N) is 1. The molecule has 0 N–H and O–H groups in total. The molecule has 4 nitrogen and oxygen atoms in total. The maximum absolute atomic E-state index is 12.4. The Labute approximate surface area is 156 Å². The summed E-state index contributed by atoms with van der Waals surface area (Å²) in [5, 5.41) is 0. The minimum Gasteiger partial charge on any atom is -0.496 e. The zero-order valence-electron chi connectivity index (χ0n) is 14.1. The fourth-order valence-corrected chi connectivity index (χ4v) is 3.27. The molecule has 3 rings (SSSR count). The van der Waals surface area contributed by atoms with Crippen LogP contribution in [0.3, 0.4) is 0 Å². The number of anilines is 1. The average molecular weight is 402 g/mol. The number of carbonyl (C=O) groups is 1. The molecule has 0 aromatic heterocycles. The fourth-order valence-electron chi connectivity index (χ4n) is 2.71. The van der Waals surface area contributed by atoms with Crippen LogP contribution >= 0.6 is 15.9 Å². The molecular formula is C20H20BrNO3. The quantitative estimate of drug-likeness (QED) is 0.556. The van der Waals surface area contributed by atoms with Crippen molar-refractivity contribution in [3.63, 3.8) is 0 Å².